The SMILES string of the molecule is CNc1cc(Nc2ccc(Cl)cc2Cl)nc(N)n1. The minimum atomic E-state index is 0.175. The van der Waals surface area contributed by atoms with E-state index in [1.54, 1.807) is 31.3 Å². The second-order valence-electron chi connectivity index (χ2n) is 3.50. The molecule has 1 aromatic carbocycles. The average Bonchev–Trinajstić information content (AvgIpc) is 2.32. The van der Waals surface area contributed by atoms with Crippen molar-refractivity contribution in [2.75, 3.05) is 23.4 Å². The van der Waals surface area contributed by atoms with E-state index in [4.69, 9.17) is 28.9 Å². The van der Waals surface area contributed by atoms with Gasteiger partial charge in [0.15, 0.2) is 0 Å². The van der Waals surface area contributed by atoms with E-state index in [0.29, 0.717) is 27.4 Å². The van der Waals surface area contributed by atoms with E-state index in [1.807, 2.05) is 0 Å². The van der Waals surface area contributed by atoms with E-state index in [9.17, 15) is 0 Å². The van der Waals surface area contributed by atoms with Crippen LogP contribution in [0.4, 0.5) is 23.3 Å². The van der Waals surface area contributed by atoms with Crippen molar-refractivity contribution in [1.29, 1.82) is 0 Å². The Balaban J connectivity index is 2.30. The van der Waals surface area contributed by atoms with Crippen molar-refractivity contribution in [2.45, 2.75) is 0 Å². The van der Waals surface area contributed by atoms with Crippen molar-refractivity contribution in [1.82, 2.24) is 9.97 Å². The Bertz CT molecular complexity index is 573. The number of hydrogen-bond acceptors (Lipinski definition) is 5. The van der Waals surface area contributed by atoms with Crippen molar-refractivity contribution in [2.24, 2.45) is 0 Å². The minimum Gasteiger partial charge on any atom is -0.373 e. The summed E-state index contributed by atoms with van der Waals surface area (Å²) in [5, 5.41) is 7.02. The van der Waals surface area contributed by atoms with E-state index in [-0.39, 0.29) is 5.95 Å². The maximum Gasteiger partial charge on any atom is 0.223 e. The number of halogens is 2. The Morgan fingerprint density at radius 1 is 1.11 bits per heavy atom. The van der Waals surface area contributed by atoms with Gasteiger partial charge in [0, 0.05) is 18.1 Å². The molecule has 0 saturated carbocycles. The van der Waals surface area contributed by atoms with Crippen molar-refractivity contribution in [3.05, 3.63) is 34.3 Å². The van der Waals surface area contributed by atoms with E-state index in [2.05, 4.69) is 20.6 Å². The summed E-state index contributed by atoms with van der Waals surface area (Å²) in [6, 6.07) is 6.87. The Morgan fingerprint density at radius 2 is 1.83 bits per heavy atom. The maximum absolute atomic E-state index is 6.06. The maximum atomic E-state index is 6.06. The van der Waals surface area contributed by atoms with Gasteiger partial charge in [0.25, 0.3) is 0 Å². The molecule has 5 nitrogen and oxygen atoms in total. The third kappa shape index (κ3) is 2.94. The molecule has 0 spiro atoms. The average molecular weight is 284 g/mol. The number of aromatic nitrogens is 2. The summed E-state index contributed by atoms with van der Waals surface area (Å²) in [6.45, 7) is 0. The predicted octanol–water partition coefficient (Wildman–Crippen LogP) is 3.15. The fraction of sp³-hybridized carbons (Fsp3) is 0.0909. The van der Waals surface area contributed by atoms with Gasteiger partial charge in [-0.1, -0.05) is 23.2 Å². The van der Waals surface area contributed by atoms with Crippen molar-refractivity contribution in [3.63, 3.8) is 0 Å². The molecule has 0 aliphatic carbocycles. The first-order valence-corrected chi connectivity index (χ1v) is 5.88. The van der Waals surface area contributed by atoms with Crippen LogP contribution in [0.2, 0.25) is 10.0 Å². The lowest BCUT2D eigenvalue weighted by molar-refractivity contribution is 1.17. The van der Waals surface area contributed by atoms with Gasteiger partial charge in [-0.3, -0.25) is 0 Å². The molecule has 4 N–H and O–H groups in total. The smallest absolute Gasteiger partial charge is 0.223 e. The number of nitrogens with two attached hydrogens (primary N) is 1. The first-order valence-electron chi connectivity index (χ1n) is 5.13. The Morgan fingerprint density at radius 3 is 2.50 bits per heavy atom. The predicted molar refractivity (Wildman–Crippen MR) is 75.7 cm³/mol. The van der Waals surface area contributed by atoms with Gasteiger partial charge in [-0.15, -0.1) is 0 Å². The number of nitrogens with zero attached hydrogens (tertiary/aromatic N) is 2. The topological polar surface area (TPSA) is 75.9 Å². The summed E-state index contributed by atoms with van der Waals surface area (Å²) in [5.41, 5.74) is 6.29. The molecule has 1 heterocycles. The quantitative estimate of drug-likeness (QED) is 0.807. The van der Waals surface area contributed by atoms with Gasteiger partial charge in [0.2, 0.25) is 5.95 Å². The number of nitrogen functional groups attached to an aromatic ring is 1. The lowest BCUT2D eigenvalue weighted by Gasteiger charge is -2.09. The van der Waals surface area contributed by atoms with Crippen LogP contribution in [0, 0.1) is 0 Å². The highest BCUT2D eigenvalue weighted by Gasteiger charge is 2.05. The molecule has 1 aromatic heterocycles. The summed E-state index contributed by atoms with van der Waals surface area (Å²) in [7, 11) is 1.75. The molecule has 7 heteroatoms. The molecular formula is C11H11Cl2N5. The number of nitrogens with one attached hydrogen (secondary N) is 2. The first-order chi connectivity index (χ1) is 8.58. The van der Waals surface area contributed by atoms with E-state index < -0.39 is 0 Å². The van der Waals surface area contributed by atoms with Crippen LogP contribution in [0.1, 0.15) is 0 Å². The van der Waals surface area contributed by atoms with Crippen LogP contribution < -0.4 is 16.4 Å². The zero-order valence-corrected chi connectivity index (χ0v) is 11.0. The van der Waals surface area contributed by atoms with Gasteiger partial charge < -0.3 is 16.4 Å². The molecule has 2 rings (SSSR count). The molecule has 0 saturated heterocycles. The fourth-order valence-electron chi connectivity index (χ4n) is 1.39. The Kier molecular flexibility index (Phi) is 3.74. The highest BCUT2D eigenvalue weighted by atomic mass is 35.5. The lowest BCUT2D eigenvalue weighted by Crippen LogP contribution is -2.03. The van der Waals surface area contributed by atoms with Crippen LogP contribution >= 0.6 is 23.2 Å². The highest BCUT2D eigenvalue weighted by molar-refractivity contribution is 6.36. The summed E-state index contributed by atoms with van der Waals surface area (Å²) < 4.78 is 0. The molecule has 0 radical (unpaired) electrons. The van der Waals surface area contributed by atoms with Crippen LogP contribution in [-0.4, -0.2) is 17.0 Å². The van der Waals surface area contributed by atoms with Crippen LogP contribution in [0.15, 0.2) is 24.3 Å². The van der Waals surface area contributed by atoms with Gasteiger partial charge in [-0.25, -0.2) is 0 Å². The summed E-state index contributed by atoms with van der Waals surface area (Å²) in [4.78, 5) is 8.06. The van der Waals surface area contributed by atoms with E-state index in [0.717, 1.165) is 0 Å². The molecule has 0 bridgehead atoms. The van der Waals surface area contributed by atoms with Gasteiger partial charge in [0.1, 0.15) is 11.6 Å². The molecule has 0 aliphatic heterocycles. The molecule has 0 amide bonds. The molecule has 18 heavy (non-hydrogen) atoms. The molecule has 0 fully saturated rings. The summed E-state index contributed by atoms with van der Waals surface area (Å²) >= 11 is 11.9. The second kappa shape index (κ2) is 5.29. The minimum absolute atomic E-state index is 0.175. The standard InChI is InChI=1S/C11H11Cl2N5/c1-15-9-5-10(18-11(14)17-9)16-8-3-2-6(12)4-7(8)13/h2-5H,1H3,(H4,14,15,16,17,18). The van der Waals surface area contributed by atoms with Crippen molar-refractivity contribution in [3.8, 4) is 0 Å². The molecular weight excluding hydrogens is 273 g/mol. The second-order valence-corrected chi connectivity index (χ2v) is 4.34. The largest absolute Gasteiger partial charge is 0.373 e. The lowest BCUT2D eigenvalue weighted by atomic mass is 10.3. The van der Waals surface area contributed by atoms with Gasteiger partial charge in [-0.2, -0.15) is 9.97 Å². The molecule has 94 valence electrons. The number of anilines is 4. The monoisotopic (exact) mass is 283 g/mol. The number of hydrogen-bond donors (Lipinski definition) is 3. The van der Waals surface area contributed by atoms with Crippen molar-refractivity contribution >= 4 is 46.5 Å². The third-order valence-electron chi connectivity index (χ3n) is 2.19. The van der Waals surface area contributed by atoms with Crippen LogP contribution in [-0.2, 0) is 0 Å². The van der Waals surface area contributed by atoms with E-state index in [1.165, 1.54) is 0 Å². The Hall–Kier alpha value is -1.72. The van der Waals surface area contributed by atoms with Crippen molar-refractivity contribution < 1.29 is 0 Å². The number of benzene rings is 1. The first kappa shape index (κ1) is 12.7. The Labute approximate surface area is 114 Å². The third-order valence-corrected chi connectivity index (χ3v) is 2.74. The van der Waals surface area contributed by atoms with Crippen LogP contribution in [0.25, 0.3) is 0 Å². The van der Waals surface area contributed by atoms with Gasteiger partial charge in [0.05, 0.1) is 10.7 Å². The van der Waals surface area contributed by atoms with Gasteiger partial charge in [-0.05, 0) is 18.2 Å². The van der Waals surface area contributed by atoms with Crippen LogP contribution in [0.5, 0.6) is 0 Å². The van der Waals surface area contributed by atoms with E-state index >= 15 is 0 Å². The molecule has 2 aromatic rings. The zero-order valence-electron chi connectivity index (χ0n) is 9.54. The molecule has 0 atom stereocenters. The van der Waals surface area contributed by atoms with Crippen LogP contribution in [0.3, 0.4) is 0 Å². The summed E-state index contributed by atoms with van der Waals surface area (Å²) in [5.74, 6) is 1.35. The summed E-state index contributed by atoms with van der Waals surface area (Å²) in [6.07, 6.45) is 0. The molecule has 0 aliphatic rings. The highest BCUT2D eigenvalue weighted by Crippen LogP contribution is 2.28. The zero-order chi connectivity index (χ0) is 13.1. The number of rotatable bonds is 3. The normalized spacial score (nSPS) is 10.2. The fourth-order valence-corrected chi connectivity index (χ4v) is 1.84. The molecule has 0 unspecified atom stereocenters. The van der Waals surface area contributed by atoms with Gasteiger partial charge >= 0.3 is 0 Å².